The van der Waals surface area contributed by atoms with Gasteiger partial charge >= 0.3 is 12.0 Å². The standard InChI is InChI=1S/C12H22N2O5/c1-7(2)5-9(10(16)6-11(17)19-4)14(8(3)15)12(13)18/h7,9-10,16H,5-6H2,1-4H3,(H2,13,18). The van der Waals surface area contributed by atoms with Crippen molar-refractivity contribution in [3.63, 3.8) is 0 Å². The van der Waals surface area contributed by atoms with E-state index in [9.17, 15) is 19.5 Å². The van der Waals surface area contributed by atoms with E-state index in [0.29, 0.717) is 6.42 Å². The third-order valence-corrected chi connectivity index (χ3v) is 2.67. The van der Waals surface area contributed by atoms with Gasteiger partial charge in [0, 0.05) is 6.92 Å². The zero-order valence-corrected chi connectivity index (χ0v) is 11.8. The summed E-state index contributed by atoms with van der Waals surface area (Å²) >= 11 is 0. The molecular formula is C12H22N2O5. The molecule has 0 radical (unpaired) electrons. The number of hydrogen-bond donors (Lipinski definition) is 2. The van der Waals surface area contributed by atoms with Gasteiger partial charge in [-0.15, -0.1) is 0 Å². The van der Waals surface area contributed by atoms with E-state index in [0.717, 1.165) is 4.90 Å². The van der Waals surface area contributed by atoms with Crippen LogP contribution in [0.25, 0.3) is 0 Å². The van der Waals surface area contributed by atoms with Gasteiger partial charge < -0.3 is 15.6 Å². The van der Waals surface area contributed by atoms with E-state index in [1.54, 1.807) is 0 Å². The fraction of sp³-hybridized carbons (Fsp3) is 0.750. The zero-order valence-electron chi connectivity index (χ0n) is 11.8. The molecule has 0 aliphatic rings. The smallest absolute Gasteiger partial charge is 0.321 e. The van der Waals surface area contributed by atoms with Crippen molar-refractivity contribution < 1.29 is 24.2 Å². The van der Waals surface area contributed by atoms with Crippen molar-refractivity contribution in [3.05, 3.63) is 0 Å². The SMILES string of the molecule is COC(=O)CC(O)C(CC(C)C)N(C(C)=O)C(N)=O. The van der Waals surface area contributed by atoms with Crippen LogP contribution >= 0.6 is 0 Å². The number of aliphatic hydroxyl groups is 1. The van der Waals surface area contributed by atoms with Crippen molar-refractivity contribution >= 4 is 17.9 Å². The minimum absolute atomic E-state index is 0.110. The van der Waals surface area contributed by atoms with Gasteiger partial charge in [-0.05, 0) is 12.3 Å². The third kappa shape index (κ3) is 5.69. The molecule has 7 heteroatoms. The molecule has 0 heterocycles. The minimum Gasteiger partial charge on any atom is -0.469 e. The highest BCUT2D eigenvalue weighted by molar-refractivity contribution is 5.93. The fourth-order valence-electron chi connectivity index (χ4n) is 1.86. The summed E-state index contributed by atoms with van der Waals surface area (Å²) < 4.78 is 4.46. The number of amides is 3. The third-order valence-electron chi connectivity index (χ3n) is 2.67. The summed E-state index contributed by atoms with van der Waals surface area (Å²) in [4.78, 5) is 34.7. The lowest BCUT2D eigenvalue weighted by atomic mass is 9.96. The Morgan fingerprint density at radius 1 is 1.32 bits per heavy atom. The second-order valence-electron chi connectivity index (χ2n) is 4.77. The molecule has 7 nitrogen and oxygen atoms in total. The molecule has 0 rings (SSSR count). The van der Waals surface area contributed by atoms with Crippen LogP contribution in [0, 0.1) is 5.92 Å². The molecule has 0 bridgehead atoms. The van der Waals surface area contributed by atoms with Gasteiger partial charge in [0.05, 0.1) is 25.7 Å². The summed E-state index contributed by atoms with van der Waals surface area (Å²) in [5.41, 5.74) is 5.15. The Labute approximate surface area is 112 Å². The van der Waals surface area contributed by atoms with Gasteiger partial charge in [-0.3, -0.25) is 14.5 Å². The number of carbonyl (C=O) groups excluding carboxylic acids is 3. The maximum atomic E-state index is 11.5. The molecule has 3 amide bonds. The summed E-state index contributed by atoms with van der Waals surface area (Å²) in [6.07, 6.45) is -1.16. The molecule has 3 N–H and O–H groups in total. The number of imide groups is 1. The first-order valence-electron chi connectivity index (χ1n) is 6.04. The molecule has 0 aromatic rings. The Kier molecular flexibility index (Phi) is 7.06. The van der Waals surface area contributed by atoms with Gasteiger partial charge in [-0.25, -0.2) is 4.79 Å². The number of hydrogen-bond acceptors (Lipinski definition) is 5. The molecule has 19 heavy (non-hydrogen) atoms. The first-order valence-corrected chi connectivity index (χ1v) is 6.04. The molecule has 0 aliphatic heterocycles. The van der Waals surface area contributed by atoms with Crippen molar-refractivity contribution in [1.82, 2.24) is 4.90 Å². The number of carbonyl (C=O) groups is 3. The van der Waals surface area contributed by atoms with E-state index in [2.05, 4.69) is 4.74 Å². The summed E-state index contributed by atoms with van der Waals surface area (Å²) in [5.74, 6) is -1.07. The number of nitrogens with two attached hydrogens (primary N) is 1. The van der Waals surface area contributed by atoms with Crippen LogP contribution in [0.1, 0.15) is 33.6 Å². The van der Waals surface area contributed by atoms with Gasteiger partial charge in [-0.1, -0.05) is 13.8 Å². The van der Waals surface area contributed by atoms with E-state index in [1.807, 2.05) is 13.8 Å². The first-order chi connectivity index (χ1) is 8.70. The van der Waals surface area contributed by atoms with E-state index < -0.39 is 30.1 Å². The van der Waals surface area contributed by atoms with Crippen LogP contribution in [0.3, 0.4) is 0 Å². The molecule has 110 valence electrons. The van der Waals surface area contributed by atoms with Crippen LogP contribution in [-0.2, 0) is 14.3 Å². The fourth-order valence-corrected chi connectivity index (χ4v) is 1.86. The van der Waals surface area contributed by atoms with Crippen LogP contribution in [-0.4, -0.2) is 47.2 Å². The quantitative estimate of drug-likeness (QED) is 0.675. The Morgan fingerprint density at radius 3 is 2.16 bits per heavy atom. The molecular weight excluding hydrogens is 252 g/mol. The Balaban J connectivity index is 5.11. The lowest BCUT2D eigenvalue weighted by Gasteiger charge is -2.32. The molecule has 0 aromatic heterocycles. The lowest BCUT2D eigenvalue weighted by Crippen LogP contribution is -2.52. The van der Waals surface area contributed by atoms with Gasteiger partial charge in [0.2, 0.25) is 5.91 Å². The van der Waals surface area contributed by atoms with Crippen molar-refractivity contribution in [2.24, 2.45) is 11.7 Å². The van der Waals surface area contributed by atoms with E-state index in [-0.39, 0.29) is 12.3 Å². The number of methoxy groups -OCH3 is 1. The Bertz CT molecular complexity index is 329. The van der Waals surface area contributed by atoms with Gasteiger partial charge in [0.15, 0.2) is 0 Å². The maximum absolute atomic E-state index is 11.5. The molecule has 0 aliphatic carbocycles. The van der Waals surface area contributed by atoms with Crippen LogP contribution in [0.15, 0.2) is 0 Å². The molecule has 0 spiro atoms. The molecule has 2 unspecified atom stereocenters. The van der Waals surface area contributed by atoms with E-state index in [4.69, 9.17) is 5.73 Å². The lowest BCUT2D eigenvalue weighted by molar-refractivity contribution is -0.145. The Hall–Kier alpha value is -1.63. The van der Waals surface area contributed by atoms with Crippen molar-refractivity contribution in [2.45, 2.75) is 45.8 Å². The van der Waals surface area contributed by atoms with Gasteiger partial charge in [-0.2, -0.15) is 0 Å². The molecule has 0 fully saturated rings. The average Bonchev–Trinajstić information content (AvgIpc) is 2.26. The van der Waals surface area contributed by atoms with Crippen molar-refractivity contribution in [3.8, 4) is 0 Å². The minimum atomic E-state index is -1.20. The van der Waals surface area contributed by atoms with Crippen LogP contribution in [0.2, 0.25) is 0 Å². The topological polar surface area (TPSA) is 110 Å². The summed E-state index contributed by atoms with van der Waals surface area (Å²) in [7, 11) is 1.20. The second-order valence-corrected chi connectivity index (χ2v) is 4.77. The number of nitrogens with zero attached hydrogens (tertiary/aromatic N) is 1. The molecule has 0 aromatic carbocycles. The van der Waals surface area contributed by atoms with Gasteiger partial charge in [0.25, 0.3) is 0 Å². The van der Waals surface area contributed by atoms with Crippen molar-refractivity contribution in [2.75, 3.05) is 7.11 Å². The largest absolute Gasteiger partial charge is 0.469 e. The number of rotatable bonds is 6. The summed E-state index contributed by atoms with van der Waals surface area (Å²) in [5, 5.41) is 10.0. The van der Waals surface area contributed by atoms with E-state index in [1.165, 1.54) is 14.0 Å². The predicted octanol–water partition coefficient (Wildman–Crippen LogP) is 0.252. The number of aliphatic hydroxyl groups excluding tert-OH is 1. The first kappa shape index (κ1) is 17.4. The van der Waals surface area contributed by atoms with E-state index >= 15 is 0 Å². The molecule has 0 saturated heterocycles. The number of urea groups is 1. The van der Waals surface area contributed by atoms with Crippen LogP contribution < -0.4 is 5.73 Å². The predicted molar refractivity (Wildman–Crippen MR) is 68.0 cm³/mol. The maximum Gasteiger partial charge on any atom is 0.321 e. The zero-order chi connectivity index (χ0) is 15.2. The molecule has 0 saturated carbocycles. The highest BCUT2D eigenvalue weighted by Crippen LogP contribution is 2.18. The normalized spacial score (nSPS) is 13.8. The van der Waals surface area contributed by atoms with Crippen LogP contribution in [0.5, 0.6) is 0 Å². The van der Waals surface area contributed by atoms with Gasteiger partial charge in [0.1, 0.15) is 0 Å². The highest BCUT2D eigenvalue weighted by Gasteiger charge is 2.33. The van der Waals surface area contributed by atoms with Crippen LogP contribution in [0.4, 0.5) is 4.79 Å². The number of primary amides is 1. The summed E-state index contributed by atoms with van der Waals surface area (Å²) in [6, 6.07) is -1.78. The highest BCUT2D eigenvalue weighted by atomic mass is 16.5. The average molecular weight is 274 g/mol. The monoisotopic (exact) mass is 274 g/mol. The summed E-state index contributed by atoms with van der Waals surface area (Å²) in [6.45, 7) is 4.93. The Morgan fingerprint density at radius 2 is 1.84 bits per heavy atom. The van der Waals surface area contributed by atoms with Crippen molar-refractivity contribution in [1.29, 1.82) is 0 Å². The number of ether oxygens (including phenoxy) is 1. The second kappa shape index (κ2) is 7.73. The molecule has 2 atom stereocenters. The number of esters is 1.